The molecular formula is C19H22N2O5. The molecule has 0 bridgehead atoms. The van der Waals surface area contributed by atoms with Gasteiger partial charge in [0.05, 0.1) is 13.2 Å². The summed E-state index contributed by atoms with van der Waals surface area (Å²) in [7, 11) is 0. The zero-order valence-corrected chi connectivity index (χ0v) is 14.8. The van der Waals surface area contributed by atoms with E-state index in [1.807, 2.05) is 13.8 Å². The minimum Gasteiger partial charge on any atom is -0.490 e. The van der Waals surface area contributed by atoms with Gasteiger partial charge >= 0.3 is 0 Å². The van der Waals surface area contributed by atoms with Crippen molar-refractivity contribution in [2.75, 3.05) is 25.1 Å². The van der Waals surface area contributed by atoms with Crippen LogP contribution in [-0.2, 0) is 4.79 Å². The van der Waals surface area contributed by atoms with Gasteiger partial charge in [-0.3, -0.25) is 9.59 Å². The highest BCUT2D eigenvalue weighted by atomic mass is 16.5. The lowest BCUT2D eigenvalue weighted by Crippen LogP contribution is -2.20. The van der Waals surface area contributed by atoms with E-state index in [1.54, 1.807) is 42.5 Å². The van der Waals surface area contributed by atoms with Gasteiger partial charge in [-0.2, -0.15) is 0 Å². The van der Waals surface area contributed by atoms with Crippen LogP contribution in [0.5, 0.6) is 17.2 Å². The Morgan fingerprint density at radius 3 is 2.19 bits per heavy atom. The predicted molar refractivity (Wildman–Crippen MR) is 97.9 cm³/mol. The molecule has 0 unspecified atom stereocenters. The molecule has 0 saturated heterocycles. The summed E-state index contributed by atoms with van der Waals surface area (Å²) in [5.41, 5.74) is 6.06. The Hall–Kier alpha value is -3.22. The number of anilines is 1. The summed E-state index contributed by atoms with van der Waals surface area (Å²) < 4.78 is 16.2. The fraction of sp³-hybridized carbons (Fsp3) is 0.263. The number of carbonyl (C=O) groups excluding carboxylic acids is 2. The van der Waals surface area contributed by atoms with E-state index in [0.29, 0.717) is 41.7 Å². The molecule has 2 aromatic carbocycles. The van der Waals surface area contributed by atoms with E-state index in [-0.39, 0.29) is 12.5 Å². The molecule has 7 nitrogen and oxygen atoms in total. The molecule has 3 N–H and O–H groups in total. The number of rotatable bonds is 9. The number of carbonyl (C=O) groups is 2. The van der Waals surface area contributed by atoms with Gasteiger partial charge in [-0.25, -0.2) is 0 Å². The molecule has 138 valence electrons. The Bertz CT molecular complexity index is 759. The number of hydrogen-bond acceptors (Lipinski definition) is 5. The molecule has 2 aromatic rings. The number of ether oxygens (including phenoxy) is 3. The van der Waals surface area contributed by atoms with Crippen molar-refractivity contribution in [2.45, 2.75) is 13.8 Å². The van der Waals surface area contributed by atoms with Gasteiger partial charge in [0.15, 0.2) is 18.1 Å². The van der Waals surface area contributed by atoms with Crippen molar-refractivity contribution in [3.05, 3.63) is 48.0 Å². The number of nitrogens with two attached hydrogens (primary N) is 1. The fourth-order valence-corrected chi connectivity index (χ4v) is 2.19. The van der Waals surface area contributed by atoms with Crippen LogP contribution in [0.25, 0.3) is 0 Å². The predicted octanol–water partition coefficient (Wildman–Crippen LogP) is 2.60. The Labute approximate surface area is 152 Å². The molecule has 0 aliphatic rings. The first-order chi connectivity index (χ1) is 12.5. The van der Waals surface area contributed by atoms with Crippen LogP contribution in [-0.4, -0.2) is 31.6 Å². The number of amides is 2. The first-order valence-corrected chi connectivity index (χ1v) is 8.25. The molecule has 0 heterocycles. The van der Waals surface area contributed by atoms with Crippen molar-refractivity contribution in [1.29, 1.82) is 0 Å². The number of benzene rings is 2. The summed E-state index contributed by atoms with van der Waals surface area (Å²) in [5.74, 6) is 0.816. The summed E-state index contributed by atoms with van der Waals surface area (Å²) in [5, 5.41) is 2.81. The smallest absolute Gasteiger partial charge is 0.255 e. The van der Waals surface area contributed by atoms with Gasteiger partial charge in [-0.05, 0) is 50.2 Å². The van der Waals surface area contributed by atoms with E-state index in [1.165, 1.54) is 0 Å². The van der Waals surface area contributed by atoms with Crippen molar-refractivity contribution in [1.82, 2.24) is 0 Å². The van der Waals surface area contributed by atoms with Gasteiger partial charge in [0, 0.05) is 17.3 Å². The monoisotopic (exact) mass is 358 g/mol. The Morgan fingerprint density at radius 1 is 0.923 bits per heavy atom. The third-order valence-corrected chi connectivity index (χ3v) is 3.30. The molecule has 0 aliphatic heterocycles. The highest BCUT2D eigenvalue weighted by Gasteiger charge is 2.10. The first-order valence-electron chi connectivity index (χ1n) is 8.25. The molecule has 0 atom stereocenters. The van der Waals surface area contributed by atoms with Crippen LogP contribution in [0.1, 0.15) is 24.2 Å². The van der Waals surface area contributed by atoms with E-state index in [0.717, 1.165) is 0 Å². The maximum absolute atomic E-state index is 12.4. The Balaban J connectivity index is 2.06. The second-order valence-corrected chi connectivity index (χ2v) is 5.26. The highest BCUT2D eigenvalue weighted by Crippen LogP contribution is 2.30. The lowest BCUT2D eigenvalue weighted by molar-refractivity contribution is -0.119. The maximum atomic E-state index is 12.4. The normalized spacial score (nSPS) is 10.1. The Morgan fingerprint density at radius 2 is 1.58 bits per heavy atom. The first kappa shape index (κ1) is 19.1. The highest BCUT2D eigenvalue weighted by molar-refractivity contribution is 6.04. The minimum absolute atomic E-state index is 0.210. The molecule has 0 fully saturated rings. The van der Waals surface area contributed by atoms with Gasteiger partial charge in [0.2, 0.25) is 0 Å². The number of nitrogens with one attached hydrogen (secondary N) is 1. The molecule has 0 aromatic heterocycles. The molecular weight excluding hydrogens is 336 g/mol. The molecule has 2 rings (SSSR count). The molecule has 0 aliphatic carbocycles. The van der Waals surface area contributed by atoms with Crippen LogP contribution in [0.2, 0.25) is 0 Å². The average molecular weight is 358 g/mol. The topological polar surface area (TPSA) is 99.9 Å². The van der Waals surface area contributed by atoms with E-state index in [2.05, 4.69) is 5.32 Å². The summed E-state index contributed by atoms with van der Waals surface area (Å²) in [6.45, 7) is 4.57. The average Bonchev–Trinajstić information content (AvgIpc) is 2.63. The lowest BCUT2D eigenvalue weighted by Gasteiger charge is -2.13. The second-order valence-electron chi connectivity index (χ2n) is 5.26. The third kappa shape index (κ3) is 5.41. The van der Waals surface area contributed by atoms with Crippen molar-refractivity contribution < 1.29 is 23.8 Å². The van der Waals surface area contributed by atoms with E-state index in [9.17, 15) is 9.59 Å². The Kier molecular flexibility index (Phi) is 6.84. The number of primary amides is 1. The largest absolute Gasteiger partial charge is 0.490 e. The second kappa shape index (κ2) is 9.31. The van der Waals surface area contributed by atoms with Crippen LogP contribution in [0.4, 0.5) is 5.69 Å². The minimum atomic E-state index is -0.563. The summed E-state index contributed by atoms with van der Waals surface area (Å²) >= 11 is 0. The SMILES string of the molecule is CCOc1ccc(NC(=O)c2ccc(OCC(N)=O)cc2)cc1OCC. The quantitative estimate of drug-likeness (QED) is 0.718. The lowest BCUT2D eigenvalue weighted by atomic mass is 10.2. The van der Waals surface area contributed by atoms with Crippen LogP contribution in [0.3, 0.4) is 0 Å². The van der Waals surface area contributed by atoms with E-state index in [4.69, 9.17) is 19.9 Å². The van der Waals surface area contributed by atoms with Crippen molar-refractivity contribution >= 4 is 17.5 Å². The van der Waals surface area contributed by atoms with Crippen LogP contribution >= 0.6 is 0 Å². The standard InChI is InChI=1S/C19H22N2O5/c1-3-24-16-10-7-14(11-17(16)25-4-2)21-19(23)13-5-8-15(9-6-13)26-12-18(20)22/h5-11H,3-4,12H2,1-2H3,(H2,20,22)(H,21,23). The molecule has 7 heteroatoms. The van der Waals surface area contributed by atoms with E-state index < -0.39 is 5.91 Å². The van der Waals surface area contributed by atoms with Gasteiger partial charge in [0.25, 0.3) is 11.8 Å². The van der Waals surface area contributed by atoms with Gasteiger partial charge < -0.3 is 25.3 Å². The molecule has 0 radical (unpaired) electrons. The number of hydrogen-bond donors (Lipinski definition) is 2. The molecule has 0 spiro atoms. The molecule has 2 amide bonds. The third-order valence-electron chi connectivity index (χ3n) is 3.30. The zero-order valence-electron chi connectivity index (χ0n) is 14.8. The van der Waals surface area contributed by atoms with Crippen molar-refractivity contribution in [3.63, 3.8) is 0 Å². The van der Waals surface area contributed by atoms with Crippen molar-refractivity contribution in [2.24, 2.45) is 5.73 Å². The molecule has 26 heavy (non-hydrogen) atoms. The van der Waals surface area contributed by atoms with Crippen LogP contribution in [0, 0.1) is 0 Å². The summed E-state index contributed by atoms with van der Waals surface area (Å²) in [6.07, 6.45) is 0. The fourth-order valence-electron chi connectivity index (χ4n) is 2.19. The summed E-state index contributed by atoms with van der Waals surface area (Å²) in [4.78, 5) is 23.1. The van der Waals surface area contributed by atoms with Crippen LogP contribution in [0.15, 0.2) is 42.5 Å². The van der Waals surface area contributed by atoms with Crippen molar-refractivity contribution in [3.8, 4) is 17.2 Å². The summed E-state index contributed by atoms with van der Waals surface area (Å²) in [6, 6.07) is 11.6. The van der Waals surface area contributed by atoms with Gasteiger partial charge in [-0.1, -0.05) is 0 Å². The van der Waals surface area contributed by atoms with Crippen LogP contribution < -0.4 is 25.3 Å². The van der Waals surface area contributed by atoms with Gasteiger partial charge in [0.1, 0.15) is 5.75 Å². The van der Waals surface area contributed by atoms with E-state index >= 15 is 0 Å². The molecule has 0 saturated carbocycles. The van der Waals surface area contributed by atoms with Gasteiger partial charge in [-0.15, -0.1) is 0 Å². The maximum Gasteiger partial charge on any atom is 0.255 e. The zero-order chi connectivity index (χ0) is 18.9.